The molecule has 0 fully saturated rings. The first-order valence-corrected chi connectivity index (χ1v) is 19.9. The Balaban J connectivity index is 4.04. The maximum Gasteiger partial charge on any atom is 0.153 e. The summed E-state index contributed by atoms with van der Waals surface area (Å²) in [4.78, 5) is 26.6. The summed E-state index contributed by atoms with van der Waals surface area (Å²) in [5.41, 5.74) is 4.80. The highest BCUT2D eigenvalue weighted by molar-refractivity contribution is 5.97. The van der Waals surface area contributed by atoms with Crippen LogP contribution in [-0.2, 0) is 9.59 Å². The third-order valence-corrected chi connectivity index (χ3v) is 10.4. The SMILES string of the molecule is CCCCCCCCC=CCCCCCCCC(=O)C(C)(N)C(C)(CC)C(=O)CCCCCCCC=CCCCCCCCC. The minimum Gasteiger partial charge on any atom is -0.318 e. The van der Waals surface area contributed by atoms with Gasteiger partial charge in [-0.1, -0.05) is 155 Å². The maximum atomic E-state index is 13.3. The van der Waals surface area contributed by atoms with E-state index in [9.17, 15) is 9.59 Å². The lowest BCUT2D eigenvalue weighted by Gasteiger charge is -2.41. The van der Waals surface area contributed by atoms with Crippen molar-refractivity contribution in [3.63, 3.8) is 0 Å². The van der Waals surface area contributed by atoms with E-state index in [0.29, 0.717) is 19.3 Å². The van der Waals surface area contributed by atoms with Gasteiger partial charge >= 0.3 is 0 Å². The normalized spacial score (nSPS) is 14.7. The Bertz CT molecular complexity index is 752. The Hall–Kier alpha value is -1.22. The zero-order chi connectivity index (χ0) is 33.5. The minimum absolute atomic E-state index is 0.0578. The van der Waals surface area contributed by atoms with Crippen LogP contribution in [0.1, 0.15) is 221 Å². The first kappa shape index (κ1) is 43.8. The molecule has 0 aliphatic rings. The molecule has 0 aromatic heterocycles. The predicted octanol–water partition coefficient (Wildman–Crippen LogP) is 13.3. The minimum atomic E-state index is -1.10. The fraction of sp³-hybridized carbons (Fsp3) is 0.857. The molecule has 0 rings (SSSR count). The van der Waals surface area contributed by atoms with E-state index in [0.717, 1.165) is 25.7 Å². The molecule has 0 spiro atoms. The standard InChI is InChI=1S/C42H79NO2/c1-6-9-11-13-15-17-19-21-23-25-27-29-31-33-35-37-39(44)41(4,8-3)42(5,43)40(45)38-36-34-32-30-28-26-24-22-20-18-16-14-12-10-7-2/h21-24H,6-20,25-38,43H2,1-5H3. The highest BCUT2D eigenvalue weighted by Gasteiger charge is 2.49. The molecule has 0 aliphatic heterocycles. The van der Waals surface area contributed by atoms with Crippen molar-refractivity contribution in [1.29, 1.82) is 0 Å². The predicted molar refractivity (Wildman–Crippen MR) is 200 cm³/mol. The number of carbonyl (C=O) groups is 2. The molecule has 0 bridgehead atoms. The van der Waals surface area contributed by atoms with Gasteiger partial charge < -0.3 is 5.73 Å². The number of allylic oxidation sites excluding steroid dienone is 4. The Morgan fingerprint density at radius 3 is 1.07 bits per heavy atom. The lowest BCUT2D eigenvalue weighted by atomic mass is 9.64. The number of unbranched alkanes of at least 4 members (excludes halogenated alkanes) is 22. The number of hydrogen-bond donors (Lipinski definition) is 1. The van der Waals surface area contributed by atoms with Crippen LogP contribution in [0, 0.1) is 5.41 Å². The Morgan fingerprint density at radius 2 is 0.733 bits per heavy atom. The summed E-state index contributed by atoms with van der Waals surface area (Å²) in [7, 11) is 0. The molecule has 0 saturated carbocycles. The van der Waals surface area contributed by atoms with Crippen molar-refractivity contribution >= 4 is 11.6 Å². The molecular formula is C42H79NO2. The van der Waals surface area contributed by atoms with Gasteiger partial charge in [0.05, 0.1) is 11.0 Å². The van der Waals surface area contributed by atoms with E-state index < -0.39 is 11.0 Å². The highest BCUT2D eigenvalue weighted by Crippen LogP contribution is 2.37. The molecule has 0 saturated heterocycles. The van der Waals surface area contributed by atoms with E-state index in [4.69, 9.17) is 5.73 Å². The van der Waals surface area contributed by atoms with E-state index in [1.54, 1.807) is 0 Å². The van der Waals surface area contributed by atoms with Crippen molar-refractivity contribution in [2.24, 2.45) is 11.1 Å². The summed E-state index contributed by atoms with van der Waals surface area (Å²) in [6, 6.07) is 0. The summed E-state index contributed by atoms with van der Waals surface area (Å²) in [6.45, 7) is 10.3. The van der Waals surface area contributed by atoms with Gasteiger partial charge in [0.2, 0.25) is 0 Å². The first-order valence-electron chi connectivity index (χ1n) is 19.9. The van der Waals surface area contributed by atoms with Crippen molar-refractivity contribution in [2.75, 3.05) is 0 Å². The van der Waals surface area contributed by atoms with Gasteiger partial charge in [-0.25, -0.2) is 0 Å². The van der Waals surface area contributed by atoms with E-state index in [2.05, 4.69) is 38.2 Å². The summed E-state index contributed by atoms with van der Waals surface area (Å²) in [5.74, 6) is 0.230. The molecule has 2 atom stereocenters. The summed E-state index contributed by atoms with van der Waals surface area (Å²) in [6.07, 6.45) is 43.4. The van der Waals surface area contributed by atoms with Crippen LogP contribution in [0.25, 0.3) is 0 Å². The fourth-order valence-corrected chi connectivity index (χ4v) is 6.41. The van der Waals surface area contributed by atoms with E-state index in [-0.39, 0.29) is 11.6 Å². The second-order valence-electron chi connectivity index (χ2n) is 14.4. The van der Waals surface area contributed by atoms with Gasteiger partial charge in [0.25, 0.3) is 0 Å². The average Bonchev–Trinajstić information content (AvgIpc) is 3.03. The second kappa shape index (κ2) is 30.1. The molecule has 264 valence electrons. The molecule has 3 heteroatoms. The number of carbonyl (C=O) groups excluding carboxylic acids is 2. The first-order chi connectivity index (χ1) is 21.8. The molecule has 0 aromatic carbocycles. The molecule has 0 aromatic rings. The van der Waals surface area contributed by atoms with Crippen LogP contribution in [0.5, 0.6) is 0 Å². The number of Topliss-reactive ketones (excluding diaryl/α,β-unsaturated/α-hetero) is 2. The van der Waals surface area contributed by atoms with Crippen LogP contribution in [0.4, 0.5) is 0 Å². The zero-order valence-corrected chi connectivity index (χ0v) is 31.2. The van der Waals surface area contributed by atoms with Gasteiger partial charge in [-0.05, 0) is 77.6 Å². The summed E-state index contributed by atoms with van der Waals surface area (Å²) in [5, 5.41) is 0. The third kappa shape index (κ3) is 22.1. The van der Waals surface area contributed by atoms with Gasteiger partial charge in [0, 0.05) is 12.8 Å². The lowest BCUT2D eigenvalue weighted by molar-refractivity contribution is -0.140. The number of hydrogen-bond acceptors (Lipinski definition) is 3. The molecule has 45 heavy (non-hydrogen) atoms. The van der Waals surface area contributed by atoms with Gasteiger partial charge in [-0.3, -0.25) is 9.59 Å². The Kier molecular flexibility index (Phi) is 29.3. The number of ketones is 2. The quantitative estimate of drug-likeness (QED) is 0.0569. The second-order valence-corrected chi connectivity index (χ2v) is 14.4. The van der Waals surface area contributed by atoms with Crippen molar-refractivity contribution in [3.05, 3.63) is 24.3 Å². The molecule has 0 heterocycles. The zero-order valence-electron chi connectivity index (χ0n) is 31.2. The van der Waals surface area contributed by atoms with Gasteiger partial charge in [0.1, 0.15) is 5.78 Å². The van der Waals surface area contributed by atoms with Crippen LogP contribution in [0.15, 0.2) is 24.3 Å². The van der Waals surface area contributed by atoms with E-state index >= 15 is 0 Å². The van der Waals surface area contributed by atoms with Crippen LogP contribution >= 0.6 is 0 Å². The largest absolute Gasteiger partial charge is 0.318 e. The summed E-state index contributed by atoms with van der Waals surface area (Å²) >= 11 is 0. The average molecular weight is 630 g/mol. The lowest BCUT2D eigenvalue weighted by Crippen LogP contribution is -2.60. The molecule has 3 nitrogen and oxygen atoms in total. The maximum absolute atomic E-state index is 13.3. The molecule has 2 N–H and O–H groups in total. The van der Waals surface area contributed by atoms with Crippen LogP contribution in [0.2, 0.25) is 0 Å². The highest BCUT2D eigenvalue weighted by atomic mass is 16.1. The molecule has 0 radical (unpaired) electrons. The van der Waals surface area contributed by atoms with E-state index in [1.807, 2.05) is 20.8 Å². The van der Waals surface area contributed by atoms with Gasteiger partial charge in [0.15, 0.2) is 5.78 Å². The van der Waals surface area contributed by atoms with E-state index in [1.165, 1.54) is 141 Å². The van der Waals surface area contributed by atoms with Gasteiger partial charge in [-0.15, -0.1) is 0 Å². The molecule has 0 amide bonds. The van der Waals surface area contributed by atoms with Gasteiger partial charge in [-0.2, -0.15) is 0 Å². The Morgan fingerprint density at radius 1 is 0.444 bits per heavy atom. The molecule has 2 unspecified atom stereocenters. The monoisotopic (exact) mass is 630 g/mol. The van der Waals surface area contributed by atoms with Crippen molar-refractivity contribution in [2.45, 2.75) is 226 Å². The third-order valence-electron chi connectivity index (χ3n) is 10.4. The molecular weight excluding hydrogens is 550 g/mol. The topological polar surface area (TPSA) is 60.2 Å². The van der Waals surface area contributed by atoms with Crippen molar-refractivity contribution in [3.8, 4) is 0 Å². The summed E-state index contributed by atoms with van der Waals surface area (Å²) < 4.78 is 0. The number of nitrogens with two attached hydrogens (primary N) is 1. The fourth-order valence-electron chi connectivity index (χ4n) is 6.41. The van der Waals surface area contributed by atoms with Crippen molar-refractivity contribution < 1.29 is 9.59 Å². The number of rotatable bonds is 34. The molecule has 0 aliphatic carbocycles. The van der Waals surface area contributed by atoms with Crippen LogP contribution in [0.3, 0.4) is 0 Å². The van der Waals surface area contributed by atoms with Crippen LogP contribution in [-0.4, -0.2) is 17.1 Å². The van der Waals surface area contributed by atoms with Crippen LogP contribution < -0.4 is 5.73 Å². The smallest absolute Gasteiger partial charge is 0.153 e. The van der Waals surface area contributed by atoms with Crippen molar-refractivity contribution in [1.82, 2.24) is 0 Å². The Labute approximate surface area is 282 Å².